The number of rotatable bonds is 1. The lowest BCUT2D eigenvalue weighted by Gasteiger charge is -2.05. The van der Waals surface area contributed by atoms with Gasteiger partial charge in [0, 0.05) is 10.6 Å². The maximum absolute atomic E-state index is 5.86. The van der Waals surface area contributed by atoms with Gasteiger partial charge >= 0.3 is 0 Å². The maximum Gasteiger partial charge on any atom is 0.0587 e. The molecule has 0 fully saturated rings. The number of hydrogen-bond donors (Lipinski definition) is 2. The lowest BCUT2D eigenvalue weighted by molar-refractivity contribution is 1.50. The summed E-state index contributed by atoms with van der Waals surface area (Å²) in [7, 11) is 1.81. The first-order valence-electron chi connectivity index (χ1n) is 3.07. The number of benzene rings is 1. The van der Waals surface area contributed by atoms with E-state index in [1.807, 2.05) is 19.2 Å². The number of nitrogen functional groups attached to an aromatic ring is 1. The topological polar surface area (TPSA) is 38.0 Å². The van der Waals surface area contributed by atoms with Gasteiger partial charge in [-0.3, -0.25) is 0 Å². The van der Waals surface area contributed by atoms with Crippen molar-refractivity contribution < 1.29 is 0 Å². The fourth-order valence-electron chi connectivity index (χ4n) is 0.779. The number of anilines is 2. The Morgan fingerprint density at radius 2 is 2.18 bits per heavy atom. The molecule has 60 valence electrons. The second kappa shape index (κ2) is 3.49. The molecule has 0 saturated carbocycles. The zero-order chi connectivity index (χ0) is 8.43. The SMILES string of the molecule is CNc1cc(Cl)c(I)cc1N. The number of nitrogens with one attached hydrogen (secondary N) is 1. The molecule has 1 rings (SSSR count). The van der Waals surface area contributed by atoms with Crippen molar-refractivity contribution in [1.29, 1.82) is 0 Å². The van der Waals surface area contributed by atoms with Gasteiger partial charge in [-0.25, -0.2) is 0 Å². The molecule has 0 spiro atoms. The molecule has 0 bridgehead atoms. The highest BCUT2D eigenvalue weighted by Gasteiger charge is 2.01. The summed E-state index contributed by atoms with van der Waals surface area (Å²) >= 11 is 8.00. The predicted molar refractivity (Wildman–Crippen MR) is 58.1 cm³/mol. The van der Waals surface area contributed by atoms with E-state index in [0.717, 1.165) is 20.0 Å². The van der Waals surface area contributed by atoms with Crippen LogP contribution < -0.4 is 11.1 Å². The highest BCUT2D eigenvalue weighted by molar-refractivity contribution is 14.1. The third-order valence-electron chi connectivity index (χ3n) is 1.36. The highest BCUT2D eigenvalue weighted by Crippen LogP contribution is 2.27. The van der Waals surface area contributed by atoms with E-state index in [1.165, 1.54) is 0 Å². The van der Waals surface area contributed by atoms with Crippen molar-refractivity contribution >= 4 is 45.6 Å². The van der Waals surface area contributed by atoms with Gasteiger partial charge in [-0.1, -0.05) is 11.6 Å². The first-order chi connectivity index (χ1) is 5.15. The van der Waals surface area contributed by atoms with E-state index in [-0.39, 0.29) is 0 Å². The molecule has 0 aliphatic heterocycles. The first kappa shape index (κ1) is 8.93. The van der Waals surface area contributed by atoms with Crippen LogP contribution in [0.15, 0.2) is 12.1 Å². The van der Waals surface area contributed by atoms with Crippen LogP contribution in [-0.2, 0) is 0 Å². The molecule has 0 unspecified atom stereocenters. The molecule has 0 saturated heterocycles. The van der Waals surface area contributed by atoms with E-state index in [9.17, 15) is 0 Å². The first-order valence-corrected chi connectivity index (χ1v) is 4.53. The Labute approximate surface area is 84.3 Å². The Balaban J connectivity index is 3.21. The molecule has 2 nitrogen and oxygen atoms in total. The summed E-state index contributed by atoms with van der Waals surface area (Å²) in [5.41, 5.74) is 7.27. The second-order valence-electron chi connectivity index (χ2n) is 2.10. The van der Waals surface area contributed by atoms with Crippen molar-refractivity contribution in [3.63, 3.8) is 0 Å². The zero-order valence-electron chi connectivity index (χ0n) is 5.99. The molecule has 0 aliphatic carbocycles. The van der Waals surface area contributed by atoms with Gasteiger partial charge in [0.05, 0.1) is 16.4 Å². The Bertz CT molecular complexity index is 275. The van der Waals surface area contributed by atoms with Crippen LogP contribution in [0.4, 0.5) is 11.4 Å². The molecule has 0 aliphatic rings. The van der Waals surface area contributed by atoms with Crippen molar-refractivity contribution in [2.75, 3.05) is 18.1 Å². The number of hydrogen-bond acceptors (Lipinski definition) is 2. The zero-order valence-corrected chi connectivity index (χ0v) is 8.90. The molecule has 0 aromatic heterocycles. The molecular formula is C7H8ClIN2. The van der Waals surface area contributed by atoms with Gasteiger partial charge in [-0.05, 0) is 34.7 Å². The van der Waals surface area contributed by atoms with E-state index in [2.05, 4.69) is 27.9 Å². The fourth-order valence-corrected chi connectivity index (χ4v) is 1.43. The van der Waals surface area contributed by atoms with Crippen LogP contribution in [0.3, 0.4) is 0 Å². The summed E-state index contributed by atoms with van der Waals surface area (Å²) in [5.74, 6) is 0. The summed E-state index contributed by atoms with van der Waals surface area (Å²) in [5, 5.41) is 3.68. The van der Waals surface area contributed by atoms with E-state index < -0.39 is 0 Å². The van der Waals surface area contributed by atoms with Gasteiger partial charge in [0.2, 0.25) is 0 Å². The Morgan fingerprint density at radius 3 is 2.73 bits per heavy atom. The normalized spacial score (nSPS) is 9.73. The highest BCUT2D eigenvalue weighted by atomic mass is 127. The van der Waals surface area contributed by atoms with Crippen LogP contribution in [0.5, 0.6) is 0 Å². The summed E-state index contributed by atoms with van der Waals surface area (Å²) < 4.78 is 0.973. The summed E-state index contributed by atoms with van der Waals surface area (Å²) in [4.78, 5) is 0. The molecule has 4 heteroatoms. The maximum atomic E-state index is 5.86. The van der Waals surface area contributed by atoms with Crippen LogP contribution in [0.25, 0.3) is 0 Å². The standard InChI is InChI=1S/C7H8ClIN2/c1-11-7-2-4(8)5(9)3-6(7)10/h2-3,11H,10H2,1H3. The van der Waals surface area contributed by atoms with Crippen molar-refractivity contribution in [3.05, 3.63) is 20.7 Å². The monoisotopic (exact) mass is 282 g/mol. The quantitative estimate of drug-likeness (QED) is 0.614. The van der Waals surface area contributed by atoms with E-state index in [0.29, 0.717) is 0 Å². The van der Waals surface area contributed by atoms with E-state index in [1.54, 1.807) is 0 Å². The third-order valence-corrected chi connectivity index (χ3v) is 2.89. The minimum atomic E-state index is 0.723. The van der Waals surface area contributed by atoms with Crippen LogP contribution in [0, 0.1) is 3.57 Å². The summed E-state index contributed by atoms with van der Waals surface area (Å²) in [6.07, 6.45) is 0. The number of halogens is 2. The Kier molecular flexibility index (Phi) is 2.84. The smallest absolute Gasteiger partial charge is 0.0587 e. The van der Waals surface area contributed by atoms with E-state index >= 15 is 0 Å². The van der Waals surface area contributed by atoms with Crippen LogP contribution >= 0.6 is 34.2 Å². The lowest BCUT2D eigenvalue weighted by Crippen LogP contribution is -1.96. The van der Waals surface area contributed by atoms with Gasteiger partial charge in [-0.2, -0.15) is 0 Å². The third kappa shape index (κ3) is 1.90. The minimum absolute atomic E-state index is 0.723. The molecule has 1 aromatic carbocycles. The summed E-state index contributed by atoms with van der Waals surface area (Å²) in [6.45, 7) is 0. The van der Waals surface area contributed by atoms with Crippen LogP contribution in [0.1, 0.15) is 0 Å². The molecule has 0 heterocycles. The van der Waals surface area contributed by atoms with Gasteiger partial charge < -0.3 is 11.1 Å². The molecule has 0 radical (unpaired) electrons. The average molecular weight is 283 g/mol. The van der Waals surface area contributed by atoms with E-state index in [4.69, 9.17) is 17.3 Å². The van der Waals surface area contributed by atoms with Crippen LogP contribution in [0.2, 0.25) is 5.02 Å². The fraction of sp³-hybridized carbons (Fsp3) is 0.143. The van der Waals surface area contributed by atoms with Crippen molar-refractivity contribution in [3.8, 4) is 0 Å². The number of nitrogens with two attached hydrogens (primary N) is 1. The molecule has 3 N–H and O–H groups in total. The van der Waals surface area contributed by atoms with Crippen molar-refractivity contribution in [1.82, 2.24) is 0 Å². The van der Waals surface area contributed by atoms with Gasteiger partial charge in [0.1, 0.15) is 0 Å². The molecule has 11 heavy (non-hydrogen) atoms. The Morgan fingerprint density at radius 1 is 1.55 bits per heavy atom. The van der Waals surface area contributed by atoms with Gasteiger partial charge in [-0.15, -0.1) is 0 Å². The molecule has 1 aromatic rings. The molecular weight excluding hydrogens is 274 g/mol. The molecule has 0 amide bonds. The lowest BCUT2D eigenvalue weighted by atomic mass is 10.3. The van der Waals surface area contributed by atoms with Crippen molar-refractivity contribution in [2.45, 2.75) is 0 Å². The van der Waals surface area contributed by atoms with Gasteiger partial charge in [0.15, 0.2) is 0 Å². The molecule has 0 atom stereocenters. The second-order valence-corrected chi connectivity index (χ2v) is 3.67. The Hall–Kier alpha value is -0.160. The largest absolute Gasteiger partial charge is 0.397 e. The average Bonchev–Trinajstić information content (AvgIpc) is 1.97. The minimum Gasteiger partial charge on any atom is -0.397 e. The van der Waals surface area contributed by atoms with Crippen molar-refractivity contribution in [2.24, 2.45) is 0 Å². The van der Waals surface area contributed by atoms with Crippen LogP contribution in [-0.4, -0.2) is 7.05 Å². The predicted octanol–water partition coefficient (Wildman–Crippen LogP) is 2.57. The van der Waals surface area contributed by atoms with Gasteiger partial charge in [0.25, 0.3) is 0 Å². The summed E-state index contributed by atoms with van der Waals surface area (Å²) in [6, 6.07) is 3.66.